The molecule has 0 aromatic heterocycles. The number of para-hydroxylation sites is 1. The minimum atomic E-state index is 0.364. The van der Waals surface area contributed by atoms with Crippen LogP contribution in [0.2, 0.25) is 0 Å². The second kappa shape index (κ2) is 7.58. The lowest BCUT2D eigenvalue weighted by molar-refractivity contribution is -0.125. The predicted octanol–water partition coefficient (Wildman–Crippen LogP) is 3.17. The van der Waals surface area contributed by atoms with Crippen molar-refractivity contribution in [1.82, 2.24) is 10.6 Å². The molecule has 2 N–H and O–H groups in total. The van der Waals surface area contributed by atoms with Crippen LogP contribution < -0.4 is 15.5 Å². The number of aliphatic imine (C=N–C) groups is 1. The maximum atomic E-state index is 6.15. The zero-order chi connectivity index (χ0) is 19.0. The number of anilines is 1. The fourth-order valence-corrected chi connectivity index (χ4v) is 6.29. The van der Waals surface area contributed by atoms with Crippen molar-refractivity contribution >= 4 is 11.6 Å². The van der Waals surface area contributed by atoms with Crippen molar-refractivity contribution in [2.24, 2.45) is 16.3 Å². The third-order valence-corrected chi connectivity index (χ3v) is 7.54. The number of guanidine groups is 1. The molecular formula is C23H34N4O. The van der Waals surface area contributed by atoms with E-state index < -0.39 is 0 Å². The van der Waals surface area contributed by atoms with Crippen molar-refractivity contribution in [3.8, 4) is 0 Å². The lowest BCUT2D eigenvalue weighted by Crippen LogP contribution is -2.69. The average Bonchev–Trinajstić information content (AvgIpc) is 3.46. The Labute approximate surface area is 168 Å². The Hall–Kier alpha value is -1.75. The zero-order valence-corrected chi connectivity index (χ0v) is 17.1. The Balaban J connectivity index is 1.24. The van der Waals surface area contributed by atoms with E-state index in [1.54, 1.807) is 0 Å². The molecule has 28 heavy (non-hydrogen) atoms. The molecule has 4 aliphatic rings. The number of fused-ring (bicyclic) bond motifs is 2. The molecule has 5 heteroatoms. The van der Waals surface area contributed by atoms with Crippen molar-refractivity contribution in [2.75, 3.05) is 31.1 Å². The van der Waals surface area contributed by atoms with Crippen LogP contribution in [0, 0.1) is 11.3 Å². The molecule has 2 saturated carbocycles. The van der Waals surface area contributed by atoms with Gasteiger partial charge in [0.1, 0.15) is 0 Å². The number of benzene rings is 1. The molecule has 152 valence electrons. The first-order valence-corrected chi connectivity index (χ1v) is 11.3. The van der Waals surface area contributed by atoms with Crippen LogP contribution in [0.5, 0.6) is 0 Å². The molecule has 2 aliphatic carbocycles. The molecule has 5 rings (SSSR count). The van der Waals surface area contributed by atoms with E-state index in [1.807, 2.05) is 0 Å². The van der Waals surface area contributed by atoms with Gasteiger partial charge in [0.15, 0.2) is 5.96 Å². The van der Waals surface area contributed by atoms with Gasteiger partial charge in [-0.25, -0.2) is 0 Å². The van der Waals surface area contributed by atoms with Gasteiger partial charge in [-0.3, -0.25) is 4.99 Å². The summed E-state index contributed by atoms with van der Waals surface area (Å²) >= 11 is 0. The van der Waals surface area contributed by atoms with E-state index in [4.69, 9.17) is 9.73 Å². The van der Waals surface area contributed by atoms with Gasteiger partial charge in [-0.05, 0) is 44.7 Å². The smallest absolute Gasteiger partial charge is 0.191 e. The highest BCUT2D eigenvalue weighted by Crippen LogP contribution is 2.60. The van der Waals surface area contributed by atoms with Gasteiger partial charge >= 0.3 is 0 Å². The normalized spacial score (nSPS) is 33.8. The molecule has 0 amide bonds. The maximum Gasteiger partial charge on any atom is 0.191 e. The zero-order valence-electron chi connectivity index (χ0n) is 17.1. The molecule has 1 aromatic carbocycles. The van der Waals surface area contributed by atoms with Crippen LogP contribution in [0.1, 0.15) is 45.4 Å². The third-order valence-electron chi connectivity index (χ3n) is 7.54. The Bertz CT molecular complexity index is 700. The summed E-state index contributed by atoms with van der Waals surface area (Å²) in [5.74, 6) is 1.69. The highest BCUT2D eigenvalue weighted by molar-refractivity contribution is 5.81. The molecule has 0 radical (unpaired) electrons. The molecule has 0 bridgehead atoms. The monoisotopic (exact) mass is 382 g/mol. The maximum absolute atomic E-state index is 6.15. The summed E-state index contributed by atoms with van der Waals surface area (Å²) in [6.45, 7) is 6.03. The van der Waals surface area contributed by atoms with Gasteiger partial charge in [-0.15, -0.1) is 0 Å². The molecule has 4 unspecified atom stereocenters. The van der Waals surface area contributed by atoms with Crippen molar-refractivity contribution in [1.29, 1.82) is 0 Å². The number of nitrogens with one attached hydrogen (secondary N) is 2. The first kappa shape index (κ1) is 18.3. The molecule has 1 spiro atoms. The number of nitrogens with zero attached hydrogens (tertiary/aromatic N) is 2. The minimum absolute atomic E-state index is 0.364. The van der Waals surface area contributed by atoms with Crippen molar-refractivity contribution < 1.29 is 4.74 Å². The second-order valence-electron chi connectivity index (χ2n) is 9.04. The first-order valence-electron chi connectivity index (χ1n) is 11.3. The van der Waals surface area contributed by atoms with Gasteiger partial charge < -0.3 is 20.3 Å². The van der Waals surface area contributed by atoms with Crippen LogP contribution in [0.25, 0.3) is 0 Å². The van der Waals surface area contributed by atoms with Crippen LogP contribution in [0.4, 0.5) is 5.69 Å². The van der Waals surface area contributed by atoms with E-state index in [-0.39, 0.29) is 0 Å². The summed E-state index contributed by atoms with van der Waals surface area (Å²) in [5, 5.41) is 7.64. The Morgan fingerprint density at radius 1 is 1.18 bits per heavy atom. The first-order chi connectivity index (χ1) is 13.8. The van der Waals surface area contributed by atoms with E-state index in [9.17, 15) is 0 Å². The van der Waals surface area contributed by atoms with Crippen molar-refractivity contribution in [3.63, 3.8) is 0 Å². The summed E-state index contributed by atoms with van der Waals surface area (Å²) < 4.78 is 6.15. The van der Waals surface area contributed by atoms with Crippen LogP contribution in [0.3, 0.4) is 0 Å². The van der Waals surface area contributed by atoms with Crippen molar-refractivity contribution in [2.45, 2.75) is 63.6 Å². The highest BCUT2D eigenvalue weighted by atomic mass is 16.5. The van der Waals surface area contributed by atoms with Crippen LogP contribution in [0.15, 0.2) is 35.3 Å². The van der Waals surface area contributed by atoms with E-state index in [0.29, 0.717) is 29.5 Å². The molecular weight excluding hydrogens is 348 g/mol. The number of hydrogen-bond acceptors (Lipinski definition) is 3. The largest absolute Gasteiger partial charge is 0.377 e. The molecule has 4 atom stereocenters. The van der Waals surface area contributed by atoms with E-state index >= 15 is 0 Å². The number of hydrogen-bond donors (Lipinski definition) is 2. The summed E-state index contributed by atoms with van der Waals surface area (Å²) in [4.78, 5) is 7.29. The SMILES string of the molecule is CCN=C(NC1CCN(c2ccccc2)C1)NC1C2CCOC2C12CCCC2. The minimum Gasteiger partial charge on any atom is -0.377 e. The van der Waals surface area contributed by atoms with Crippen LogP contribution in [-0.2, 0) is 4.74 Å². The topological polar surface area (TPSA) is 48.9 Å². The summed E-state index contributed by atoms with van der Waals surface area (Å²) in [6.07, 6.45) is 8.20. The summed E-state index contributed by atoms with van der Waals surface area (Å²) in [6, 6.07) is 11.7. The highest BCUT2D eigenvalue weighted by Gasteiger charge is 2.65. The number of rotatable bonds is 4. The second-order valence-corrected chi connectivity index (χ2v) is 9.04. The van der Waals surface area contributed by atoms with Gasteiger partial charge in [0.2, 0.25) is 0 Å². The van der Waals surface area contributed by atoms with Gasteiger partial charge in [0, 0.05) is 55.3 Å². The fourth-order valence-electron chi connectivity index (χ4n) is 6.29. The molecule has 5 nitrogen and oxygen atoms in total. The van der Waals surface area contributed by atoms with E-state index in [2.05, 4.69) is 52.8 Å². The Morgan fingerprint density at radius 3 is 2.79 bits per heavy atom. The fraction of sp³-hybridized carbons (Fsp3) is 0.696. The third kappa shape index (κ3) is 3.08. The molecule has 2 aliphatic heterocycles. The Kier molecular flexibility index (Phi) is 4.95. The summed E-state index contributed by atoms with van der Waals surface area (Å²) in [5.41, 5.74) is 1.69. The Morgan fingerprint density at radius 2 is 2.00 bits per heavy atom. The van der Waals surface area contributed by atoms with Crippen molar-refractivity contribution in [3.05, 3.63) is 30.3 Å². The predicted molar refractivity (Wildman–Crippen MR) is 114 cm³/mol. The lowest BCUT2D eigenvalue weighted by atomic mass is 9.54. The number of ether oxygens (including phenoxy) is 1. The molecule has 2 heterocycles. The lowest BCUT2D eigenvalue weighted by Gasteiger charge is -2.57. The van der Waals surface area contributed by atoms with Gasteiger partial charge in [-0.1, -0.05) is 31.0 Å². The molecule has 2 saturated heterocycles. The standard InChI is InChI=1S/C23H34N4O/c1-2-24-22(25-17-10-14-27(16-17)18-8-4-3-5-9-18)26-20-19-11-15-28-21(19)23(20)12-6-7-13-23/h3-5,8-9,17,19-21H,2,6-7,10-16H2,1H3,(H2,24,25,26). The van der Waals surface area contributed by atoms with Gasteiger partial charge in [0.05, 0.1) is 6.10 Å². The van der Waals surface area contributed by atoms with E-state index in [1.165, 1.54) is 37.8 Å². The quantitative estimate of drug-likeness (QED) is 0.620. The van der Waals surface area contributed by atoms with Crippen LogP contribution >= 0.6 is 0 Å². The molecule has 4 fully saturated rings. The summed E-state index contributed by atoms with van der Waals surface area (Å²) in [7, 11) is 0. The average molecular weight is 383 g/mol. The molecule has 1 aromatic rings. The van der Waals surface area contributed by atoms with Crippen LogP contribution in [-0.4, -0.2) is 50.4 Å². The van der Waals surface area contributed by atoms with Gasteiger partial charge in [0.25, 0.3) is 0 Å². The van der Waals surface area contributed by atoms with Gasteiger partial charge in [-0.2, -0.15) is 0 Å². The van der Waals surface area contributed by atoms with E-state index in [0.717, 1.165) is 38.6 Å².